The van der Waals surface area contributed by atoms with Crippen LogP contribution < -0.4 is 5.73 Å². The standard InChI is InChI=1S/C30H31N3O5S/c1-30(2,3)20-13-11-17(12-14-20)23-24(27(34)22-8-5-15-39-22)25(19-6-4-7-21(16-19)33(37)38)32(26(23)28(31)35)29(36)18-9-10-18/h4-8,11-16,18,23-26H,9-10H2,1-3H3,(H2,31,35). The van der Waals surface area contributed by atoms with Crippen LogP contribution in [0.1, 0.15) is 71.9 Å². The summed E-state index contributed by atoms with van der Waals surface area (Å²) >= 11 is 1.29. The second kappa shape index (κ2) is 10.0. The molecule has 2 N–H and O–H groups in total. The molecule has 1 aromatic heterocycles. The molecule has 0 spiro atoms. The van der Waals surface area contributed by atoms with Gasteiger partial charge in [-0.2, -0.15) is 0 Å². The molecule has 0 bridgehead atoms. The first-order valence-electron chi connectivity index (χ1n) is 13.0. The van der Waals surface area contributed by atoms with E-state index in [1.807, 2.05) is 24.3 Å². The van der Waals surface area contributed by atoms with E-state index in [2.05, 4.69) is 20.8 Å². The minimum Gasteiger partial charge on any atom is -0.368 e. The molecule has 1 aliphatic heterocycles. The minimum absolute atomic E-state index is 0.108. The van der Waals surface area contributed by atoms with Gasteiger partial charge in [0.1, 0.15) is 6.04 Å². The monoisotopic (exact) mass is 545 g/mol. The number of amides is 2. The van der Waals surface area contributed by atoms with Crippen molar-refractivity contribution in [1.29, 1.82) is 0 Å². The molecule has 2 amide bonds. The highest BCUT2D eigenvalue weighted by Crippen LogP contribution is 2.53. The summed E-state index contributed by atoms with van der Waals surface area (Å²) in [5.41, 5.74) is 8.01. The largest absolute Gasteiger partial charge is 0.368 e. The lowest BCUT2D eigenvalue weighted by Gasteiger charge is -2.31. The molecule has 9 heteroatoms. The maximum absolute atomic E-state index is 14.2. The molecule has 39 heavy (non-hydrogen) atoms. The van der Waals surface area contributed by atoms with Crippen LogP contribution in [0.2, 0.25) is 0 Å². The zero-order chi connectivity index (χ0) is 28.1. The molecule has 1 saturated carbocycles. The molecule has 2 fully saturated rings. The summed E-state index contributed by atoms with van der Waals surface area (Å²) in [4.78, 5) is 54.4. The minimum atomic E-state index is -1.09. The number of rotatable bonds is 7. The third kappa shape index (κ3) is 4.98. The summed E-state index contributed by atoms with van der Waals surface area (Å²) in [7, 11) is 0. The Balaban J connectivity index is 1.74. The van der Waals surface area contributed by atoms with Gasteiger partial charge < -0.3 is 10.6 Å². The Labute approximate surface area is 231 Å². The van der Waals surface area contributed by atoms with Gasteiger partial charge >= 0.3 is 0 Å². The number of ketones is 1. The third-order valence-corrected chi connectivity index (χ3v) is 8.67. The van der Waals surface area contributed by atoms with E-state index in [1.54, 1.807) is 29.6 Å². The molecule has 1 aliphatic carbocycles. The molecule has 2 aromatic carbocycles. The molecular formula is C30H31N3O5S. The van der Waals surface area contributed by atoms with Crippen molar-refractivity contribution in [3.63, 3.8) is 0 Å². The van der Waals surface area contributed by atoms with E-state index in [1.165, 1.54) is 28.4 Å². The van der Waals surface area contributed by atoms with Crippen molar-refractivity contribution in [2.24, 2.45) is 17.6 Å². The lowest BCUT2D eigenvalue weighted by Crippen LogP contribution is -2.47. The average molecular weight is 546 g/mol. The quantitative estimate of drug-likeness (QED) is 0.242. The van der Waals surface area contributed by atoms with E-state index in [-0.39, 0.29) is 28.7 Å². The average Bonchev–Trinajstić information content (AvgIpc) is 3.47. The highest BCUT2D eigenvalue weighted by Gasteiger charge is 2.58. The number of thiophene rings is 1. The van der Waals surface area contributed by atoms with Crippen molar-refractivity contribution in [3.05, 3.63) is 97.7 Å². The van der Waals surface area contributed by atoms with Gasteiger partial charge in [-0.15, -0.1) is 11.3 Å². The van der Waals surface area contributed by atoms with E-state index >= 15 is 0 Å². The van der Waals surface area contributed by atoms with Crippen molar-refractivity contribution in [2.75, 3.05) is 0 Å². The maximum atomic E-state index is 14.2. The summed E-state index contributed by atoms with van der Waals surface area (Å²) in [6.45, 7) is 6.30. The van der Waals surface area contributed by atoms with Crippen LogP contribution in [0.4, 0.5) is 5.69 Å². The third-order valence-electron chi connectivity index (χ3n) is 7.79. The van der Waals surface area contributed by atoms with E-state index in [9.17, 15) is 24.5 Å². The van der Waals surface area contributed by atoms with Gasteiger partial charge in [0, 0.05) is 24.0 Å². The highest BCUT2D eigenvalue weighted by atomic mass is 32.1. The van der Waals surface area contributed by atoms with Gasteiger partial charge in [0.05, 0.1) is 21.8 Å². The van der Waals surface area contributed by atoms with E-state index in [4.69, 9.17) is 5.73 Å². The van der Waals surface area contributed by atoms with Gasteiger partial charge in [0.2, 0.25) is 11.8 Å². The predicted octanol–water partition coefficient (Wildman–Crippen LogP) is 5.38. The normalized spacial score (nSPS) is 23.0. The maximum Gasteiger partial charge on any atom is 0.269 e. The van der Waals surface area contributed by atoms with Crippen LogP contribution in [0, 0.1) is 22.0 Å². The van der Waals surface area contributed by atoms with Crippen LogP contribution in [0.15, 0.2) is 66.0 Å². The smallest absolute Gasteiger partial charge is 0.269 e. The number of likely N-dealkylation sites (tertiary alicyclic amines) is 1. The number of nitro benzene ring substituents is 1. The Bertz CT molecular complexity index is 1420. The van der Waals surface area contributed by atoms with Crippen LogP contribution >= 0.6 is 11.3 Å². The number of nitro groups is 1. The molecule has 5 rings (SSSR count). The van der Waals surface area contributed by atoms with Crippen molar-refractivity contribution in [1.82, 2.24) is 4.90 Å². The van der Waals surface area contributed by atoms with Crippen LogP contribution in [-0.4, -0.2) is 33.5 Å². The molecular weight excluding hydrogens is 514 g/mol. The second-order valence-corrected chi connectivity index (χ2v) is 12.4. The van der Waals surface area contributed by atoms with Gasteiger partial charge in [-0.25, -0.2) is 0 Å². The zero-order valence-corrected chi connectivity index (χ0v) is 22.9. The lowest BCUT2D eigenvalue weighted by molar-refractivity contribution is -0.385. The van der Waals surface area contributed by atoms with Gasteiger partial charge in [0.15, 0.2) is 5.78 Å². The molecule has 2 aliphatic rings. The number of nitrogens with zero attached hydrogens (tertiary/aromatic N) is 2. The molecule has 2 heterocycles. The lowest BCUT2D eigenvalue weighted by atomic mass is 9.76. The number of hydrogen-bond donors (Lipinski definition) is 1. The number of benzene rings is 2. The van der Waals surface area contributed by atoms with Crippen LogP contribution in [-0.2, 0) is 15.0 Å². The fourth-order valence-corrected chi connectivity index (χ4v) is 6.43. The van der Waals surface area contributed by atoms with E-state index in [0.717, 1.165) is 11.1 Å². The van der Waals surface area contributed by atoms with Crippen molar-refractivity contribution >= 4 is 34.6 Å². The summed E-state index contributed by atoms with van der Waals surface area (Å²) in [6, 6.07) is 15.3. The van der Waals surface area contributed by atoms with Gasteiger partial charge in [-0.05, 0) is 46.4 Å². The summed E-state index contributed by atoms with van der Waals surface area (Å²) < 4.78 is 0. The second-order valence-electron chi connectivity index (χ2n) is 11.4. The fraction of sp³-hybridized carbons (Fsp3) is 0.367. The first-order valence-corrected chi connectivity index (χ1v) is 13.9. The predicted molar refractivity (Wildman–Crippen MR) is 148 cm³/mol. The van der Waals surface area contributed by atoms with Crippen molar-refractivity contribution in [3.8, 4) is 0 Å². The van der Waals surface area contributed by atoms with Gasteiger partial charge in [-0.1, -0.05) is 63.2 Å². The number of carbonyl (C=O) groups is 3. The first-order chi connectivity index (χ1) is 18.5. The van der Waals surface area contributed by atoms with Crippen LogP contribution in [0.5, 0.6) is 0 Å². The van der Waals surface area contributed by atoms with Crippen molar-refractivity contribution in [2.45, 2.75) is 57.0 Å². The molecule has 1 saturated heterocycles. The van der Waals surface area contributed by atoms with E-state index in [0.29, 0.717) is 23.3 Å². The summed E-state index contributed by atoms with van der Waals surface area (Å²) in [6.07, 6.45) is 1.38. The number of nitrogens with two attached hydrogens (primary N) is 1. The Morgan fingerprint density at radius 1 is 1.00 bits per heavy atom. The first kappa shape index (κ1) is 26.7. The number of hydrogen-bond acceptors (Lipinski definition) is 6. The van der Waals surface area contributed by atoms with E-state index < -0.39 is 34.7 Å². The molecule has 202 valence electrons. The molecule has 4 unspecified atom stereocenters. The Morgan fingerprint density at radius 2 is 1.69 bits per heavy atom. The van der Waals surface area contributed by atoms with Crippen LogP contribution in [0.25, 0.3) is 0 Å². The fourth-order valence-electron chi connectivity index (χ4n) is 5.72. The summed E-state index contributed by atoms with van der Waals surface area (Å²) in [5, 5.41) is 13.5. The number of Topliss-reactive ketones (excluding diaryl/α,β-unsaturated/α-hetero) is 1. The summed E-state index contributed by atoms with van der Waals surface area (Å²) in [5.74, 6) is -3.01. The van der Waals surface area contributed by atoms with Gasteiger partial charge in [0.25, 0.3) is 5.69 Å². The molecule has 3 aromatic rings. The van der Waals surface area contributed by atoms with Crippen molar-refractivity contribution < 1.29 is 19.3 Å². The van der Waals surface area contributed by atoms with Gasteiger partial charge in [-0.3, -0.25) is 24.5 Å². The highest BCUT2D eigenvalue weighted by molar-refractivity contribution is 7.12. The topological polar surface area (TPSA) is 124 Å². The number of carbonyl (C=O) groups excluding carboxylic acids is 3. The Hall–Kier alpha value is -3.85. The SMILES string of the molecule is CC(C)(C)c1ccc(C2C(C(=O)c3cccs3)C(c3cccc([N+](=O)[O-])c3)N(C(=O)C3CC3)C2C(N)=O)cc1. The van der Waals surface area contributed by atoms with Crippen LogP contribution in [0.3, 0.4) is 0 Å². The molecule has 0 radical (unpaired) electrons. The number of primary amides is 1. The molecule has 4 atom stereocenters. The zero-order valence-electron chi connectivity index (χ0n) is 22.1. The molecule has 8 nitrogen and oxygen atoms in total. The number of non-ortho nitro benzene ring substituents is 1. The Morgan fingerprint density at radius 3 is 2.23 bits per heavy atom. The Kier molecular flexibility index (Phi) is 6.88.